The zero-order valence-electron chi connectivity index (χ0n) is 13.7. The fourth-order valence-corrected chi connectivity index (χ4v) is 4.58. The predicted octanol–water partition coefficient (Wildman–Crippen LogP) is 2.20. The van der Waals surface area contributed by atoms with E-state index >= 15 is 0 Å². The molecule has 3 fully saturated rings. The van der Waals surface area contributed by atoms with Gasteiger partial charge in [0.05, 0.1) is 12.2 Å². The van der Waals surface area contributed by atoms with Gasteiger partial charge in [0.1, 0.15) is 0 Å². The molecule has 0 spiro atoms. The summed E-state index contributed by atoms with van der Waals surface area (Å²) < 4.78 is 0. The first-order valence-corrected chi connectivity index (χ1v) is 8.97. The predicted molar refractivity (Wildman–Crippen MR) is 84.9 cm³/mol. The molecule has 4 nitrogen and oxygen atoms in total. The summed E-state index contributed by atoms with van der Waals surface area (Å²) in [4.78, 5) is 17.6. The molecule has 2 saturated heterocycles. The van der Waals surface area contributed by atoms with Crippen LogP contribution in [0.1, 0.15) is 58.3 Å². The van der Waals surface area contributed by atoms with Crippen molar-refractivity contribution in [2.24, 2.45) is 5.92 Å². The second kappa shape index (κ2) is 6.66. The maximum atomic E-state index is 12.9. The fourth-order valence-electron chi connectivity index (χ4n) is 4.58. The smallest absolute Gasteiger partial charge is 0.241 e. The van der Waals surface area contributed by atoms with Crippen LogP contribution in [0.15, 0.2) is 0 Å². The van der Waals surface area contributed by atoms with E-state index in [0.717, 1.165) is 19.4 Å². The van der Waals surface area contributed by atoms with Crippen LogP contribution in [0.4, 0.5) is 0 Å². The van der Waals surface area contributed by atoms with Gasteiger partial charge in [0.2, 0.25) is 5.91 Å². The first kappa shape index (κ1) is 15.3. The quantitative estimate of drug-likeness (QED) is 0.863. The lowest BCUT2D eigenvalue weighted by Crippen LogP contribution is -2.53. The van der Waals surface area contributed by atoms with Gasteiger partial charge in [0.15, 0.2) is 0 Å². The van der Waals surface area contributed by atoms with Crippen molar-refractivity contribution in [2.75, 3.05) is 20.1 Å². The number of nitrogens with zero attached hydrogens (tertiary/aromatic N) is 2. The number of rotatable bonds is 4. The standard InChI is InChI=1S/C17H31N3O/c1-3-7-15-17(21)20(14-10-6-11-19(2)12-14)16(18-15)13-8-4-5-9-13/h13-16,18H,3-12H2,1-2H3. The van der Waals surface area contributed by atoms with E-state index in [1.165, 1.54) is 45.1 Å². The van der Waals surface area contributed by atoms with E-state index in [1.54, 1.807) is 0 Å². The van der Waals surface area contributed by atoms with E-state index in [1.807, 2.05) is 0 Å². The molecule has 2 heterocycles. The first-order chi connectivity index (χ1) is 10.2. The van der Waals surface area contributed by atoms with E-state index in [9.17, 15) is 4.79 Å². The highest BCUT2D eigenvalue weighted by molar-refractivity contribution is 5.84. The summed E-state index contributed by atoms with van der Waals surface area (Å²) in [5, 5.41) is 3.70. The summed E-state index contributed by atoms with van der Waals surface area (Å²) in [5.41, 5.74) is 0. The number of amides is 1. The summed E-state index contributed by atoms with van der Waals surface area (Å²) in [6.07, 6.45) is 10.1. The largest absolute Gasteiger partial charge is 0.321 e. The van der Waals surface area contributed by atoms with Gasteiger partial charge in [-0.1, -0.05) is 26.2 Å². The SMILES string of the molecule is CCCC1NC(C2CCCC2)N(C2CCCN(C)C2)C1=O. The number of carbonyl (C=O) groups excluding carboxylic acids is 1. The normalized spacial score (nSPS) is 35.8. The highest BCUT2D eigenvalue weighted by Crippen LogP contribution is 2.34. The molecule has 0 aromatic carbocycles. The lowest BCUT2D eigenvalue weighted by Gasteiger charge is -2.40. The van der Waals surface area contributed by atoms with Crippen LogP contribution in [0.25, 0.3) is 0 Å². The van der Waals surface area contributed by atoms with Crippen molar-refractivity contribution in [2.45, 2.75) is 76.5 Å². The third-order valence-electron chi connectivity index (χ3n) is 5.64. The lowest BCUT2D eigenvalue weighted by molar-refractivity contribution is -0.134. The number of carbonyl (C=O) groups is 1. The maximum absolute atomic E-state index is 12.9. The zero-order chi connectivity index (χ0) is 14.8. The molecule has 3 aliphatic rings. The van der Waals surface area contributed by atoms with Crippen LogP contribution >= 0.6 is 0 Å². The summed E-state index contributed by atoms with van der Waals surface area (Å²) >= 11 is 0. The molecule has 0 aromatic heterocycles. The molecule has 0 bridgehead atoms. The minimum absolute atomic E-state index is 0.0767. The van der Waals surface area contributed by atoms with Crippen molar-refractivity contribution in [1.82, 2.24) is 15.1 Å². The van der Waals surface area contributed by atoms with Crippen LogP contribution < -0.4 is 5.32 Å². The molecule has 0 aromatic rings. The molecule has 3 atom stereocenters. The van der Waals surface area contributed by atoms with Crippen molar-refractivity contribution in [3.05, 3.63) is 0 Å². The number of likely N-dealkylation sites (tertiary alicyclic amines) is 1. The Morgan fingerprint density at radius 1 is 1.19 bits per heavy atom. The topological polar surface area (TPSA) is 35.6 Å². The second-order valence-electron chi connectivity index (χ2n) is 7.30. The summed E-state index contributed by atoms with van der Waals surface area (Å²) in [5.74, 6) is 1.07. The van der Waals surface area contributed by atoms with Gasteiger partial charge in [0, 0.05) is 12.6 Å². The Morgan fingerprint density at radius 2 is 1.95 bits per heavy atom. The van der Waals surface area contributed by atoms with Gasteiger partial charge >= 0.3 is 0 Å². The highest BCUT2D eigenvalue weighted by atomic mass is 16.2. The zero-order valence-corrected chi connectivity index (χ0v) is 13.7. The van der Waals surface area contributed by atoms with Crippen molar-refractivity contribution in [3.8, 4) is 0 Å². The Balaban J connectivity index is 1.76. The van der Waals surface area contributed by atoms with Crippen LogP contribution in [0.2, 0.25) is 0 Å². The van der Waals surface area contributed by atoms with E-state index in [-0.39, 0.29) is 6.04 Å². The molecule has 3 unspecified atom stereocenters. The Labute approximate surface area is 129 Å². The molecule has 21 heavy (non-hydrogen) atoms. The Bertz CT molecular complexity index is 367. The molecule has 4 heteroatoms. The summed E-state index contributed by atoms with van der Waals surface area (Å²) in [6.45, 7) is 4.41. The van der Waals surface area contributed by atoms with Gasteiger partial charge in [0.25, 0.3) is 0 Å². The second-order valence-corrected chi connectivity index (χ2v) is 7.30. The number of nitrogens with one attached hydrogen (secondary N) is 1. The molecule has 0 radical (unpaired) electrons. The van der Waals surface area contributed by atoms with Gasteiger partial charge in [-0.3, -0.25) is 10.1 Å². The molecule has 3 rings (SSSR count). The summed E-state index contributed by atoms with van der Waals surface area (Å²) in [7, 11) is 2.19. The Hall–Kier alpha value is -0.610. The number of hydrogen-bond donors (Lipinski definition) is 1. The van der Waals surface area contributed by atoms with E-state index in [2.05, 4.69) is 29.1 Å². The monoisotopic (exact) mass is 293 g/mol. The minimum atomic E-state index is 0.0767. The van der Waals surface area contributed by atoms with Crippen LogP contribution in [-0.4, -0.2) is 54.1 Å². The molecular weight excluding hydrogens is 262 g/mol. The molecule has 2 aliphatic heterocycles. The third kappa shape index (κ3) is 3.11. The van der Waals surface area contributed by atoms with Crippen LogP contribution in [0, 0.1) is 5.92 Å². The number of likely N-dealkylation sites (N-methyl/N-ethyl adjacent to an activating group) is 1. The molecule has 1 aliphatic carbocycles. The van der Waals surface area contributed by atoms with Gasteiger partial charge in [-0.05, 0) is 51.6 Å². The molecule has 1 amide bonds. The van der Waals surface area contributed by atoms with Gasteiger partial charge in [-0.2, -0.15) is 0 Å². The Morgan fingerprint density at radius 3 is 2.62 bits per heavy atom. The molecule has 1 N–H and O–H groups in total. The van der Waals surface area contributed by atoms with Crippen LogP contribution in [0.3, 0.4) is 0 Å². The number of hydrogen-bond acceptors (Lipinski definition) is 3. The van der Waals surface area contributed by atoms with Crippen molar-refractivity contribution in [1.29, 1.82) is 0 Å². The molecular formula is C17H31N3O. The van der Waals surface area contributed by atoms with E-state index in [4.69, 9.17) is 0 Å². The van der Waals surface area contributed by atoms with Crippen molar-refractivity contribution < 1.29 is 4.79 Å². The fraction of sp³-hybridized carbons (Fsp3) is 0.941. The molecule has 1 saturated carbocycles. The average molecular weight is 293 g/mol. The Kier molecular flexibility index (Phi) is 4.85. The van der Waals surface area contributed by atoms with E-state index < -0.39 is 0 Å². The highest BCUT2D eigenvalue weighted by Gasteiger charge is 2.46. The van der Waals surface area contributed by atoms with Crippen molar-refractivity contribution in [3.63, 3.8) is 0 Å². The first-order valence-electron chi connectivity index (χ1n) is 8.97. The average Bonchev–Trinajstić information content (AvgIpc) is 3.08. The van der Waals surface area contributed by atoms with Gasteiger partial charge in [-0.25, -0.2) is 0 Å². The lowest BCUT2D eigenvalue weighted by atomic mass is 9.99. The number of piperidine rings is 1. The van der Waals surface area contributed by atoms with Gasteiger partial charge < -0.3 is 9.80 Å². The van der Waals surface area contributed by atoms with Crippen LogP contribution in [-0.2, 0) is 4.79 Å². The summed E-state index contributed by atoms with van der Waals surface area (Å²) in [6, 6.07) is 0.504. The van der Waals surface area contributed by atoms with Gasteiger partial charge in [-0.15, -0.1) is 0 Å². The minimum Gasteiger partial charge on any atom is -0.321 e. The van der Waals surface area contributed by atoms with Crippen LogP contribution in [0.5, 0.6) is 0 Å². The molecule has 120 valence electrons. The van der Waals surface area contributed by atoms with E-state index in [0.29, 0.717) is 24.0 Å². The third-order valence-corrected chi connectivity index (χ3v) is 5.64. The maximum Gasteiger partial charge on any atom is 0.241 e. The van der Waals surface area contributed by atoms with Crippen molar-refractivity contribution >= 4 is 5.91 Å².